The SMILES string of the molecule is CC(CBr)n1cccc1. The van der Waals surface area contributed by atoms with Crippen LogP contribution in [0.2, 0.25) is 0 Å². The molecule has 0 aliphatic carbocycles. The average Bonchev–Trinajstić information content (AvgIpc) is 2.37. The molecule has 0 saturated carbocycles. The number of hydrogen-bond acceptors (Lipinski definition) is 0. The minimum absolute atomic E-state index is 0.569. The molecule has 0 fully saturated rings. The first-order chi connectivity index (χ1) is 4.34. The first kappa shape index (κ1) is 6.87. The molecule has 50 valence electrons. The van der Waals surface area contributed by atoms with Crippen LogP contribution in [0.4, 0.5) is 0 Å². The summed E-state index contributed by atoms with van der Waals surface area (Å²) < 4.78 is 2.18. The Hall–Kier alpha value is -0.240. The highest BCUT2D eigenvalue weighted by atomic mass is 79.9. The van der Waals surface area contributed by atoms with Gasteiger partial charge in [0.05, 0.1) is 0 Å². The van der Waals surface area contributed by atoms with Gasteiger partial charge in [-0.3, -0.25) is 0 Å². The van der Waals surface area contributed by atoms with Crippen molar-refractivity contribution in [3.8, 4) is 0 Å². The first-order valence-corrected chi connectivity index (χ1v) is 4.15. The molecule has 1 aromatic heterocycles. The Kier molecular flexibility index (Phi) is 2.34. The standard InChI is InChI=1S/C7H10BrN/c1-7(6-8)9-4-2-3-5-9/h2-5,7H,6H2,1H3. The maximum atomic E-state index is 3.42. The van der Waals surface area contributed by atoms with E-state index in [0.717, 1.165) is 5.33 Å². The van der Waals surface area contributed by atoms with Gasteiger partial charge in [0.2, 0.25) is 0 Å². The molecule has 0 aromatic carbocycles. The Morgan fingerprint density at radius 3 is 2.44 bits per heavy atom. The van der Waals surface area contributed by atoms with Crippen LogP contribution in [0.3, 0.4) is 0 Å². The van der Waals surface area contributed by atoms with E-state index in [-0.39, 0.29) is 0 Å². The first-order valence-electron chi connectivity index (χ1n) is 3.03. The van der Waals surface area contributed by atoms with Gasteiger partial charge in [-0.25, -0.2) is 0 Å². The molecule has 0 spiro atoms. The van der Waals surface area contributed by atoms with Crippen LogP contribution in [0.15, 0.2) is 24.5 Å². The largest absolute Gasteiger partial charge is 0.351 e. The summed E-state index contributed by atoms with van der Waals surface area (Å²) in [5.41, 5.74) is 0. The fraction of sp³-hybridized carbons (Fsp3) is 0.429. The van der Waals surface area contributed by atoms with Gasteiger partial charge in [-0.1, -0.05) is 15.9 Å². The maximum absolute atomic E-state index is 3.42. The van der Waals surface area contributed by atoms with Crippen LogP contribution in [0.5, 0.6) is 0 Å². The Morgan fingerprint density at radius 2 is 2.00 bits per heavy atom. The van der Waals surface area contributed by atoms with E-state index in [0.29, 0.717) is 6.04 Å². The van der Waals surface area contributed by atoms with Crippen LogP contribution in [-0.4, -0.2) is 9.90 Å². The molecule has 2 heteroatoms. The van der Waals surface area contributed by atoms with Crippen LogP contribution in [0.25, 0.3) is 0 Å². The molecule has 0 aliphatic rings. The summed E-state index contributed by atoms with van der Waals surface area (Å²) in [6.45, 7) is 2.18. The van der Waals surface area contributed by atoms with Gasteiger partial charge in [0.1, 0.15) is 0 Å². The van der Waals surface area contributed by atoms with Gasteiger partial charge >= 0.3 is 0 Å². The van der Waals surface area contributed by atoms with Gasteiger partial charge < -0.3 is 4.57 Å². The molecule has 1 nitrogen and oxygen atoms in total. The van der Waals surface area contributed by atoms with Gasteiger partial charge in [0, 0.05) is 23.8 Å². The maximum Gasteiger partial charge on any atom is 0.0399 e. The Morgan fingerprint density at radius 1 is 1.44 bits per heavy atom. The van der Waals surface area contributed by atoms with Crippen LogP contribution >= 0.6 is 15.9 Å². The van der Waals surface area contributed by atoms with Crippen LogP contribution in [-0.2, 0) is 0 Å². The van der Waals surface area contributed by atoms with Crippen LogP contribution < -0.4 is 0 Å². The Labute approximate surface area is 63.8 Å². The van der Waals surface area contributed by atoms with Crippen molar-refractivity contribution in [2.24, 2.45) is 0 Å². The number of rotatable bonds is 2. The average molecular weight is 188 g/mol. The normalized spacial score (nSPS) is 13.6. The zero-order chi connectivity index (χ0) is 6.69. The Bertz CT molecular complexity index is 157. The van der Waals surface area contributed by atoms with Crippen molar-refractivity contribution in [1.29, 1.82) is 0 Å². The van der Waals surface area contributed by atoms with E-state index in [1.165, 1.54) is 0 Å². The predicted molar refractivity (Wildman–Crippen MR) is 42.9 cm³/mol. The molecule has 0 N–H and O–H groups in total. The van der Waals surface area contributed by atoms with Crippen molar-refractivity contribution < 1.29 is 0 Å². The van der Waals surface area contributed by atoms with Gasteiger partial charge in [-0.2, -0.15) is 0 Å². The summed E-state index contributed by atoms with van der Waals surface area (Å²) in [6.07, 6.45) is 4.15. The third-order valence-electron chi connectivity index (χ3n) is 1.36. The van der Waals surface area contributed by atoms with E-state index in [9.17, 15) is 0 Å². The molecule has 1 atom stereocenters. The van der Waals surface area contributed by atoms with Crippen LogP contribution in [0.1, 0.15) is 13.0 Å². The highest BCUT2D eigenvalue weighted by molar-refractivity contribution is 9.09. The number of alkyl halides is 1. The summed E-state index contributed by atoms with van der Waals surface area (Å²) in [4.78, 5) is 0. The fourth-order valence-corrected chi connectivity index (χ4v) is 1.06. The van der Waals surface area contributed by atoms with Crippen molar-refractivity contribution in [3.63, 3.8) is 0 Å². The number of aromatic nitrogens is 1. The van der Waals surface area contributed by atoms with Crippen LogP contribution in [0, 0.1) is 0 Å². The molecule has 0 amide bonds. The molecular weight excluding hydrogens is 178 g/mol. The lowest BCUT2D eigenvalue weighted by atomic mass is 10.4. The molecule has 9 heavy (non-hydrogen) atoms. The van der Waals surface area contributed by atoms with Crippen molar-refractivity contribution in [1.82, 2.24) is 4.57 Å². The van der Waals surface area contributed by atoms with E-state index < -0.39 is 0 Å². The second-order valence-electron chi connectivity index (χ2n) is 2.13. The van der Waals surface area contributed by atoms with E-state index in [2.05, 4.69) is 39.8 Å². The monoisotopic (exact) mass is 187 g/mol. The number of nitrogens with zero attached hydrogens (tertiary/aromatic N) is 1. The lowest BCUT2D eigenvalue weighted by molar-refractivity contribution is 0.617. The van der Waals surface area contributed by atoms with E-state index in [1.54, 1.807) is 0 Å². The zero-order valence-electron chi connectivity index (χ0n) is 5.42. The van der Waals surface area contributed by atoms with Crippen molar-refractivity contribution >= 4 is 15.9 Å². The predicted octanol–water partition coefficient (Wildman–Crippen LogP) is 2.44. The highest BCUT2D eigenvalue weighted by Crippen LogP contribution is 2.07. The lowest BCUT2D eigenvalue weighted by Gasteiger charge is -2.07. The molecule has 0 bridgehead atoms. The van der Waals surface area contributed by atoms with Crippen molar-refractivity contribution in [2.45, 2.75) is 13.0 Å². The molecule has 0 radical (unpaired) electrons. The summed E-state index contributed by atoms with van der Waals surface area (Å²) in [5.74, 6) is 0. The minimum atomic E-state index is 0.569. The topological polar surface area (TPSA) is 4.93 Å². The summed E-state index contributed by atoms with van der Waals surface area (Å²) in [7, 11) is 0. The van der Waals surface area contributed by atoms with E-state index in [1.807, 2.05) is 12.1 Å². The molecule has 1 rings (SSSR count). The van der Waals surface area contributed by atoms with Crippen molar-refractivity contribution in [2.75, 3.05) is 5.33 Å². The molecule has 0 saturated heterocycles. The third-order valence-corrected chi connectivity index (χ3v) is 2.30. The molecule has 0 aliphatic heterocycles. The smallest absolute Gasteiger partial charge is 0.0399 e. The van der Waals surface area contributed by atoms with E-state index in [4.69, 9.17) is 0 Å². The fourth-order valence-electron chi connectivity index (χ4n) is 0.721. The number of halogens is 1. The van der Waals surface area contributed by atoms with Gasteiger partial charge in [0.25, 0.3) is 0 Å². The highest BCUT2D eigenvalue weighted by Gasteiger charge is 1.97. The summed E-state index contributed by atoms with van der Waals surface area (Å²) in [6, 6.07) is 4.65. The third kappa shape index (κ3) is 1.58. The van der Waals surface area contributed by atoms with Gasteiger partial charge in [0.15, 0.2) is 0 Å². The van der Waals surface area contributed by atoms with Gasteiger partial charge in [-0.15, -0.1) is 0 Å². The molecule has 1 unspecified atom stereocenters. The minimum Gasteiger partial charge on any atom is -0.351 e. The summed E-state index contributed by atoms with van der Waals surface area (Å²) in [5, 5.41) is 1.02. The quantitative estimate of drug-likeness (QED) is 0.628. The number of hydrogen-bond donors (Lipinski definition) is 0. The van der Waals surface area contributed by atoms with Crippen molar-refractivity contribution in [3.05, 3.63) is 24.5 Å². The molecule has 1 heterocycles. The van der Waals surface area contributed by atoms with Gasteiger partial charge in [-0.05, 0) is 19.1 Å². The molecule has 1 aromatic rings. The lowest BCUT2D eigenvalue weighted by Crippen LogP contribution is -2.02. The summed E-state index contributed by atoms with van der Waals surface area (Å²) >= 11 is 3.42. The van der Waals surface area contributed by atoms with E-state index >= 15 is 0 Å². The Balaban J connectivity index is 2.65. The second kappa shape index (κ2) is 3.06. The molecular formula is C7H10BrN. The zero-order valence-corrected chi connectivity index (χ0v) is 7.01. The second-order valence-corrected chi connectivity index (χ2v) is 2.78.